The van der Waals surface area contributed by atoms with Crippen LogP contribution in [0.2, 0.25) is 5.02 Å². The van der Waals surface area contributed by atoms with Crippen LogP contribution in [-0.4, -0.2) is 34.9 Å². The number of rotatable bonds is 5. The number of oxime groups is 1. The Labute approximate surface area is 149 Å². The lowest BCUT2D eigenvalue weighted by Gasteiger charge is -2.13. The molecule has 1 unspecified atom stereocenters. The van der Waals surface area contributed by atoms with E-state index in [2.05, 4.69) is 15.1 Å². The zero-order valence-corrected chi connectivity index (χ0v) is 14.1. The number of nitrogens with two attached hydrogens (primary N) is 1. The molecule has 2 aromatic heterocycles. The normalized spacial score (nSPS) is 16.1. The second-order valence-electron chi connectivity index (χ2n) is 4.97. The van der Waals surface area contributed by atoms with E-state index in [4.69, 9.17) is 26.9 Å². The molecule has 0 saturated heterocycles. The molecular formula is C15H15Cl2FN4O2. The molecule has 1 aliphatic heterocycles. The maximum Gasteiger partial charge on any atom is 0.212 e. The van der Waals surface area contributed by atoms with Gasteiger partial charge in [-0.1, -0.05) is 16.8 Å². The van der Waals surface area contributed by atoms with E-state index < -0.39 is 5.95 Å². The molecule has 0 aromatic carbocycles. The first-order chi connectivity index (χ1) is 11.2. The topological polar surface area (TPSA) is 82.6 Å². The van der Waals surface area contributed by atoms with Crippen LogP contribution in [0.1, 0.15) is 6.42 Å². The van der Waals surface area contributed by atoms with Gasteiger partial charge in [-0.3, -0.25) is 4.98 Å². The summed E-state index contributed by atoms with van der Waals surface area (Å²) in [7, 11) is 0. The van der Waals surface area contributed by atoms with Gasteiger partial charge in [-0.2, -0.15) is 4.39 Å². The fraction of sp³-hybridized carbons (Fsp3) is 0.267. The van der Waals surface area contributed by atoms with Crippen LogP contribution in [0.15, 0.2) is 35.7 Å². The van der Waals surface area contributed by atoms with Gasteiger partial charge in [0.2, 0.25) is 5.95 Å². The predicted molar refractivity (Wildman–Crippen MR) is 91.2 cm³/mol. The molecule has 0 aliphatic carbocycles. The number of aromatic nitrogens is 2. The van der Waals surface area contributed by atoms with Crippen molar-refractivity contribution in [1.29, 1.82) is 0 Å². The van der Waals surface area contributed by atoms with Crippen molar-refractivity contribution in [3.8, 4) is 17.0 Å². The fourth-order valence-electron chi connectivity index (χ4n) is 2.14. The zero-order chi connectivity index (χ0) is 16.2. The van der Waals surface area contributed by atoms with Gasteiger partial charge in [0.05, 0.1) is 10.7 Å². The van der Waals surface area contributed by atoms with Crippen molar-refractivity contribution in [2.45, 2.75) is 12.5 Å². The van der Waals surface area contributed by atoms with Crippen LogP contribution < -0.4 is 10.5 Å². The Hall–Kier alpha value is -1.96. The standard InChI is InChI=1S/C15H14ClFN4O2.ClH/c16-10-3-13(22-8-12-4-11(5-18)21-23-12)15(20-7-10)9-1-2-14(17)19-6-9;/h1-3,6-7,12H,4-5,8,18H2;1H. The Morgan fingerprint density at radius 2 is 2.17 bits per heavy atom. The summed E-state index contributed by atoms with van der Waals surface area (Å²) >= 11 is 5.98. The predicted octanol–water partition coefficient (Wildman–Crippen LogP) is 2.84. The van der Waals surface area contributed by atoms with Crippen LogP contribution >= 0.6 is 24.0 Å². The molecule has 0 bridgehead atoms. The van der Waals surface area contributed by atoms with Gasteiger partial charge in [0.25, 0.3) is 0 Å². The first-order valence-electron chi connectivity index (χ1n) is 6.97. The summed E-state index contributed by atoms with van der Waals surface area (Å²) in [6, 6.07) is 4.48. The molecule has 1 aliphatic rings. The minimum atomic E-state index is -0.559. The Bertz CT molecular complexity index is 728. The number of halogens is 3. The Morgan fingerprint density at radius 3 is 2.83 bits per heavy atom. The van der Waals surface area contributed by atoms with Gasteiger partial charge in [-0.25, -0.2) is 4.98 Å². The molecule has 128 valence electrons. The number of ether oxygens (including phenoxy) is 1. The zero-order valence-electron chi connectivity index (χ0n) is 12.5. The molecule has 1 atom stereocenters. The van der Waals surface area contributed by atoms with Crippen LogP contribution in [-0.2, 0) is 4.84 Å². The quantitative estimate of drug-likeness (QED) is 0.815. The minimum absolute atomic E-state index is 0. The van der Waals surface area contributed by atoms with Gasteiger partial charge in [0.15, 0.2) is 6.10 Å². The van der Waals surface area contributed by atoms with Crippen LogP contribution in [0.3, 0.4) is 0 Å². The third-order valence-corrected chi connectivity index (χ3v) is 3.48. The lowest BCUT2D eigenvalue weighted by Crippen LogP contribution is -2.20. The van der Waals surface area contributed by atoms with Crippen molar-refractivity contribution < 1.29 is 14.0 Å². The fourth-order valence-corrected chi connectivity index (χ4v) is 2.29. The Morgan fingerprint density at radius 1 is 1.33 bits per heavy atom. The molecule has 3 heterocycles. The van der Waals surface area contributed by atoms with Crippen molar-refractivity contribution in [2.24, 2.45) is 10.9 Å². The van der Waals surface area contributed by atoms with Crippen molar-refractivity contribution in [1.82, 2.24) is 9.97 Å². The van der Waals surface area contributed by atoms with E-state index in [0.717, 1.165) is 5.71 Å². The highest BCUT2D eigenvalue weighted by Gasteiger charge is 2.21. The van der Waals surface area contributed by atoms with E-state index in [1.54, 1.807) is 12.1 Å². The molecule has 9 heteroatoms. The van der Waals surface area contributed by atoms with E-state index in [9.17, 15) is 4.39 Å². The highest BCUT2D eigenvalue weighted by Crippen LogP contribution is 2.30. The van der Waals surface area contributed by atoms with Gasteiger partial charge < -0.3 is 15.3 Å². The van der Waals surface area contributed by atoms with Crippen LogP contribution in [0, 0.1) is 5.95 Å². The summed E-state index contributed by atoms with van der Waals surface area (Å²) in [5, 5.41) is 4.31. The smallest absolute Gasteiger partial charge is 0.212 e. The third-order valence-electron chi connectivity index (χ3n) is 3.27. The first kappa shape index (κ1) is 18.4. The average molecular weight is 373 g/mol. The van der Waals surface area contributed by atoms with Gasteiger partial charge in [-0.05, 0) is 12.1 Å². The third kappa shape index (κ3) is 4.31. The lowest BCUT2D eigenvalue weighted by atomic mass is 10.1. The molecule has 2 N–H and O–H groups in total. The summed E-state index contributed by atoms with van der Waals surface area (Å²) in [4.78, 5) is 13.1. The van der Waals surface area contributed by atoms with Gasteiger partial charge in [-0.15, -0.1) is 12.4 Å². The molecule has 2 aromatic rings. The molecule has 3 rings (SSSR count). The second-order valence-corrected chi connectivity index (χ2v) is 5.41. The van der Waals surface area contributed by atoms with Gasteiger partial charge in [0, 0.05) is 37.0 Å². The maximum atomic E-state index is 13.0. The number of nitrogens with zero attached hydrogens (tertiary/aromatic N) is 3. The van der Waals surface area contributed by atoms with E-state index in [1.165, 1.54) is 18.5 Å². The molecule has 0 spiro atoms. The van der Waals surface area contributed by atoms with Crippen LogP contribution in [0.4, 0.5) is 4.39 Å². The van der Waals surface area contributed by atoms with Crippen molar-refractivity contribution in [3.05, 3.63) is 41.6 Å². The number of hydrogen-bond acceptors (Lipinski definition) is 6. The highest BCUT2D eigenvalue weighted by molar-refractivity contribution is 6.30. The monoisotopic (exact) mass is 372 g/mol. The average Bonchev–Trinajstić information content (AvgIpc) is 3.02. The van der Waals surface area contributed by atoms with Gasteiger partial charge >= 0.3 is 0 Å². The van der Waals surface area contributed by atoms with Crippen molar-refractivity contribution in [3.63, 3.8) is 0 Å². The summed E-state index contributed by atoms with van der Waals surface area (Å²) in [5.74, 6) is -0.0910. The first-order valence-corrected chi connectivity index (χ1v) is 7.35. The Kier molecular flexibility index (Phi) is 6.30. The lowest BCUT2D eigenvalue weighted by molar-refractivity contribution is 0.0471. The van der Waals surface area contributed by atoms with E-state index in [0.29, 0.717) is 35.0 Å². The summed E-state index contributed by atoms with van der Waals surface area (Å²) in [5.41, 5.74) is 7.47. The minimum Gasteiger partial charge on any atom is -0.487 e. The van der Waals surface area contributed by atoms with Crippen LogP contribution in [0.5, 0.6) is 5.75 Å². The number of pyridine rings is 2. The molecule has 0 amide bonds. The SMILES string of the molecule is Cl.NCC1=NOC(COc2cc(Cl)cnc2-c2ccc(F)nc2)C1. The Balaban J connectivity index is 0.00000208. The van der Waals surface area contributed by atoms with E-state index in [1.807, 2.05) is 0 Å². The van der Waals surface area contributed by atoms with Crippen molar-refractivity contribution >= 4 is 29.7 Å². The van der Waals surface area contributed by atoms with E-state index in [-0.39, 0.29) is 25.1 Å². The van der Waals surface area contributed by atoms with E-state index >= 15 is 0 Å². The maximum absolute atomic E-state index is 13.0. The summed E-state index contributed by atoms with van der Waals surface area (Å²) in [6.45, 7) is 0.637. The molecule has 0 radical (unpaired) electrons. The molecule has 0 fully saturated rings. The molecule has 24 heavy (non-hydrogen) atoms. The van der Waals surface area contributed by atoms with Gasteiger partial charge in [0.1, 0.15) is 18.1 Å². The highest BCUT2D eigenvalue weighted by atomic mass is 35.5. The van der Waals surface area contributed by atoms with Crippen LogP contribution in [0.25, 0.3) is 11.3 Å². The summed E-state index contributed by atoms with van der Waals surface area (Å²) < 4.78 is 18.7. The molecular weight excluding hydrogens is 358 g/mol. The molecule has 6 nitrogen and oxygen atoms in total. The second kappa shape index (κ2) is 8.23. The molecule has 0 saturated carbocycles. The van der Waals surface area contributed by atoms with Crippen molar-refractivity contribution in [2.75, 3.05) is 13.2 Å². The largest absolute Gasteiger partial charge is 0.487 e. The number of hydrogen-bond donors (Lipinski definition) is 1. The summed E-state index contributed by atoms with van der Waals surface area (Å²) in [6.07, 6.45) is 3.30.